The molecule has 0 radical (unpaired) electrons. The maximum absolute atomic E-state index is 12.3. The minimum atomic E-state index is -3.36. The van der Waals surface area contributed by atoms with Crippen LogP contribution in [0.3, 0.4) is 0 Å². The van der Waals surface area contributed by atoms with Crippen molar-refractivity contribution in [3.05, 3.63) is 24.0 Å². The van der Waals surface area contributed by atoms with Gasteiger partial charge in [-0.1, -0.05) is 32.1 Å². The summed E-state index contributed by atoms with van der Waals surface area (Å²) < 4.78 is 24.7. The predicted molar refractivity (Wildman–Crippen MR) is 107 cm³/mol. The Hall–Kier alpha value is -1.89. The second kappa shape index (κ2) is 7.62. The van der Waals surface area contributed by atoms with Crippen LogP contribution in [0.1, 0.15) is 69.5 Å². The Morgan fingerprint density at radius 2 is 1.78 bits per heavy atom. The van der Waals surface area contributed by atoms with Gasteiger partial charge in [-0.05, 0) is 43.9 Å². The average molecular weight is 390 g/mol. The highest BCUT2D eigenvalue weighted by Gasteiger charge is 2.30. The van der Waals surface area contributed by atoms with Crippen molar-refractivity contribution < 1.29 is 13.2 Å². The van der Waals surface area contributed by atoms with Crippen molar-refractivity contribution in [3.8, 4) is 0 Å². The minimum absolute atomic E-state index is 0.351. The number of fused-ring (bicyclic) bond motifs is 1. The molecule has 0 unspecified atom stereocenters. The SMILES string of the molecule is O=C(CS(=O)(=O)C1CCCC1)Nc1ccc2nc(C3CCCCC3)[nH]c2c1. The van der Waals surface area contributed by atoms with Crippen LogP contribution >= 0.6 is 0 Å². The van der Waals surface area contributed by atoms with Crippen LogP contribution in [-0.4, -0.2) is 35.3 Å². The van der Waals surface area contributed by atoms with Gasteiger partial charge >= 0.3 is 0 Å². The molecule has 0 saturated heterocycles. The van der Waals surface area contributed by atoms with Gasteiger partial charge in [0.2, 0.25) is 5.91 Å². The summed E-state index contributed by atoms with van der Waals surface area (Å²) in [5.74, 6) is 0.609. The molecule has 1 aromatic carbocycles. The number of hydrogen-bond donors (Lipinski definition) is 2. The van der Waals surface area contributed by atoms with Gasteiger partial charge in [0.25, 0.3) is 0 Å². The average Bonchev–Trinajstić information content (AvgIpc) is 3.32. The smallest absolute Gasteiger partial charge is 0.239 e. The number of aromatic nitrogens is 2. The highest BCUT2D eigenvalue weighted by atomic mass is 32.2. The van der Waals surface area contributed by atoms with Crippen molar-refractivity contribution in [2.24, 2.45) is 0 Å². The molecule has 146 valence electrons. The molecule has 2 aliphatic rings. The fourth-order valence-corrected chi connectivity index (χ4v) is 6.15. The topological polar surface area (TPSA) is 91.9 Å². The molecule has 2 aromatic rings. The third-order valence-electron chi connectivity index (χ3n) is 5.92. The quantitative estimate of drug-likeness (QED) is 0.811. The first-order chi connectivity index (χ1) is 13.0. The van der Waals surface area contributed by atoms with Crippen LogP contribution in [0.4, 0.5) is 5.69 Å². The zero-order valence-corrected chi connectivity index (χ0v) is 16.4. The molecular weight excluding hydrogens is 362 g/mol. The summed E-state index contributed by atoms with van der Waals surface area (Å²) in [4.78, 5) is 20.4. The van der Waals surface area contributed by atoms with Gasteiger partial charge in [-0.3, -0.25) is 4.79 Å². The Labute approximate surface area is 160 Å². The van der Waals surface area contributed by atoms with E-state index in [4.69, 9.17) is 4.98 Å². The first kappa shape index (κ1) is 18.5. The van der Waals surface area contributed by atoms with Crippen molar-refractivity contribution in [3.63, 3.8) is 0 Å². The number of nitrogens with zero attached hydrogens (tertiary/aromatic N) is 1. The van der Waals surface area contributed by atoms with Gasteiger partial charge in [0.15, 0.2) is 9.84 Å². The molecule has 0 atom stereocenters. The van der Waals surface area contributed by atoms with Crippen LogP contribution in [-0.2, 0) is 14.6 Å². The van der Waals surface area contributed by atoms with E-state index in [1.165, 1.54) is 32.1 Å². The molecule has 0 bridgehead atoms. The maximum atomic E-state index is 12.3. The number of aromatic amines is 1. The Morgan fingerprint density at radius 3 is 2.52 bits per heavy atom. The molecule has 2 aliphatic carbocycles. The van der Waals surface area contributed by atoms with E-state index in [0.717, 1.165) is 29.7 Å². The number of sulfone groups is 1. The fourth-order valence-electron chi connectivity index (χ4n) is 4.42. The van der Waals surface area contributed by atoms with Crippen molar-refractivity contribution in [1.82, 2.24) is 9.97 Å². The van der Waals surface area contributed by atoms with E-state index in [1.54, 1.807) is 6.07 Å². The summed E-state index contributed by atoms with van der Waals surface area (Å²) in [7, 11) is -3.36. The lowest BCUT2D eigenvalue weighted by Gasteiger charge is -2.18. The van der Waals surface area contributed by atoms with Gasteiger partial charge < -0.3 is 10.3 Å². The molecule has 2 saturated carbocycles. The second-order valence-corrected chi connectivity index (χ2v) is 10.2. The van der Waals surface area contributed by atoms with Crippen LogP contribution in [0.25, 0.3) is 11.0 Å². The number of carbonyl (C=O) groups excluding carboxylic acids is 1. The molecule has 4 rings (SSSR count). The lowest BCUT2D eigenvalue weighted by Crippen LogP contribution is -2.29. The van der Waals surface area contributed by atoms with Crippen LogP contribution < -0.4 is 5.32 Å². The number of carbonyl (C=O) groups is 1. The summed E-state index contributed by atoms with van der Waals surface area (Å²) in [5.41, 5.74) is 2.37. The fraction of sp³-hybridized carbons (Fsp3) is 0.600. The predicted octanol–water partition coefficient (Wildman–Crippen LogP) is 3.91. The number of rotatable bonds is 5. The molecule has 7 heteroatoms. The van der Waals surface area contributed by atoms with E-state index in [9.17, 15) is 13.2 Å². The van der Waals surface area contributed by atoms with Crippen LogP contribution in [0, 0.1) is 0 Å². The standard InChI is InChI=1S/C20H27N3O3S/c24-19(13-27(25,26)16-8-4-5-9-16)21-15-10-11-17-18(12-15)23-20(22-17)14-6-2-1-3-7-14/h10-12,14,16H,1-9,13H2,(H,21,24)(H,22,23). The van der Waals surface area contributed by atoms with Gasteiger partial charge in [0.1, 0.15) is 11.6 Å². The third kappa shape index (κ3) is 4.18. The van der Waals surface area contributed by atoms with Gasteiger partial charge in [0, 0.05) is 11.6 Å². The normalized spacial score (nSPS) is 19.6. The minimum Gasteiger partial charge on any atom is -0.342 e. The number of hydrogen-bond acceptors (Lipinski definition) is 4. The summed E-state index contributed by atoms with van der Waals surface area (Å²) in [6.45, 7) is 0. The number of H-pyrrole nitrogens is 1. The summed E-state index contributed by atoms with van der Waals surface area (Å²) in [6, 6.07) is 5.50. The van der Waals surface area contributed by atoms with E-state index in [-0.39, 0.29) is 5.25 Å². The second-order valence-electron chi connectivity index (χ2n) is 7.95. The van der Waals surface area contributed by atoms with Gasteiger partial charge in [0.05, 0.1) is 16.3 Å². The van der Waals surface area contributed by atoms with E-state index < -0.39 is 21.5 Å². The largest absolute Gasteiger partial charge is 0.342 e. The van der Waals surface area contributed by atoms with Crippen LogP contribution in [0.2, 0.25) is 0 Å². The zero-order chi connectivity index (χ0) is 18.9. The van der Waals surface area contributed by atoms with E-state index in [0.29, 0.717) is 24.4 Å². The number of benzene rings is 1. The number of nitrogens with one attached hydrogen (secondary N) is 2. The van der Waals surface area contributed by atoms with E-state index >= 15 is 0 Å². The Bertz CT molecular complexity index is 923. The lowest BCUT2D eigenvalue weighted by atomic mass is 9.89. The van der Waals surface area contributed by atoms with Crippen molar-refractivity contribution in [1.29, 1.82) is 0 Å². The number of amides is 1. The highest BCUT2D eigenvalue weighted by molar-refractivity contribution is 7.92. The van der Waals surface area contributed by atoms with E-state index in [1.807, 2.05) is 12.1 Å². The number of imidazole rings is 1. The third-order valence-corrected chi connectivity index (χ3v) is 8.07. The molecule has 6 nitrogen and oxygen atoms in total. The Balaban J connectivity index is 1.44. The lowest BCUT2D eigenvalue weighted by molar-refractivity contribution is -0.113. The Morgan fingerprint density at radius 1 is 1.07 bits per heavy atom. The van der Waals surface area contributed by atoms with Crippen LogP contribution in [0.15, 0.2) is 18.2 Å². The molecular formula is C20H27N3O3S. The molecule has 1 amide bonds. The first-order valence-electron chi connectivity index (χ1n) is 10.0. The van der Waals surface area contributed by atoms with Crippen molar-refractivity contribution >= 4 is 32.5 Å². The summed E-state index contributed by atoms with van der Waals surface area (Å²) >= 11 is 0. The molecule has 0 aliphatic heterocycles. The van der Waals surface area contributed by atoms with Crippen molar-refractivity contribution in [2.45, 2.75) is 69.0 Å². The van der Waals surface area contributed by atoms with Gasteiger partial charge in [-0.2, -0.15) is 0 Å². The van der Waals surface area contributed by atoms with Crippen LogP contribution in [0.5, 0.6) is 0 Å². The van der Waals surface area contributed by atoms with Crippen molar-refractivity contribution in [2.75, 3.05) is 11.1 Å². The molecule has 2 N–H and O–H groups in total. The van der Waals surface area contributed by atoms with E-state index in [2.05, 4.69) is 10.3 Å². The summed E-state index contributed by atoms with van der Waals surface area (Å²) in [5, 5.41) is 2.39. The zero-order valence-electron chi connectivity index (χ0n) is 15.5. The molecule has 2 fully saturated rings. The molecule has 1 aromatic heterocycles. The number of anilines is 1. The monoisotopic (exact) mass is 389 g/mol. The molecule has 1 heterocycles. The molecule has 27 heavy (non-hydrogen) atoms. The van der Waals surface area contributed by atoms with Gasteiger partial charge in [-0.25, -0.2) is 13.4 Å². The first-order valence-corrected chi connectivity index (χ1v) is 11.7. The Kier molecular flexibility index (Phi) is 5.21. The summed E-state index contributed by atoms with van der Waals surface area (Å²) in [6.07, 6.45) is 9.37. The molecule has 0 spiro atoms. The maximum Gasteiger partial charge on any atom is 0.239 e. The van der Waals surface area contributed by atoms with Gasteiger partial charge in [-0.15, -0.1) is 0 Å². The highest BCUT2D eigenvalue weighted by Crippen LogP contribution is 2.32.